The van der Waals surface area contributed by atoms with E-state index >= 15 is 0 Å². The van der Waals surface area contributed by atoms with E-state index in [4.69, 9.17) is 56.8 Å². The molecule has 20 nitrogen and oxygen atoms in total. The number of amides is 4. The summed E-state index contributed by atoms with van der Waals surface area (Å²) in [4.78, 5) is 63.0. The van der Waals surface area contributed by atoms with E-state index in [0.29, 0.717) is 164 Å². The molecule has 0 aliphatic carbocycles. The molecule has 0 aromatic heterocycles. The Morgan fingerprint density at radius 2 is 0.867 bits per heavy atom. The number of esters is 1. The van der Waals surface area contributed by atoms with Crippen LogP contribution < -0.4 is 10.6 Å². The first-order chi connectivity index (χ1) is 36.9. The molecule has 1 aromatic carbocycles. The van der Waals surface area contributed by atoms with Gasteiger partial charge in [-0.1, -0.05) is 103 Å². The molecule has 20 heteroatoms. The maximum absolute atomic E-state index is 13.2. The number of rotatable bonds is 54. The normalized spacial score (nSPS) is 14.5. The SMILES string of the molecule is CCCCCCCCCCCCCCCCCC(=O)OCCOCCOCCOCCOCCOCCOCCOCCOCCOCCOCCOCCNc1cccc2c1C(=O)N(C1CCC(=O)NC1=O)C2=O. The van der Waals surface area contributed by atoms with E-state index in [9.17, 15) is 24.0 Å². The molecule has 0 saturated carbocycles. The van der Waals surface area contributed by atoms with E-state index in [1.165, 1.54) is 83.5 Å². The molecule has 3 rings (SSSR count). The Morgan fingerprint density at radius 3 is 1.27 bits per heavy atom. The van der Waals surface area contributed by atoms with E-state index in [-0.39, 0.29) is 36.5 Å². The van der Waals surface area contributed by atoms with Gasteiger partial charge in [-0.15, -0.1) is 0 Å². The van der Waals surface area contributed by atoms with Crippen molar-refractivity contribution in [2.24, 2.45) is 0 Å². The molecule has 0 radical (unpaired) electrons. The van der Waals surface area contributed by atoms with Crippen molar-refractivity contribution in [2.45, 2.75) is 129 Å². The quantitative estimate of drug-likeness (QED) is 0.0404. The van der Waals surface area contributed by atoms with Crippen LogP contribution in [0.4, 0.5) is 5.69 Å². The molecule has 1 unspecified atom stereocenters. The van der Waals surface area contributed by atoms with E-state index in [2.05, 4.69) is 17.6 Å². The largest absolute Gasteiger partial charge is 0.463 e. The van der Waals surface area contributed by atoms with E-state index < -0.39 is 29.7 Å². The van der Waals surface area contributed by atoms with Gasteiger partial charge in [0.1, 0.15) is 12.6 Å². The first kappa shape index (κ1) is 65.6. The minimum Gasteiger partial charge on any atom is -0.463 e. The van der Waals surface area contributed by atoms with Crippen molar-refractivity contribution >= 4 is 35.3 Å². The molecule has 0 spiro atoms. The monoisotopic (exact) mass is 1070 g/mol. The molecule has 1 fully saturated rings. The van der Waals surface area contributed by atoms with Crippen molar-refractivity contribution in [3.63, 3.8) is 0 Å². The number of nitrogens with zero attached hydrogens (tertiary/aromatic N) is 1. The maximum Gasteiger partial charge on any atom is 0.305 e. The number of ether oxygens (including phenoxy) is 12. The van der Waals surface area contributed by atoms with Gasteiger partial charge < -0.3 is 62.2 Å². The molecule has 2 heterocycles. The maximum atomic E-state index is 13.2. The Hall–Kier alpha value is -3.67. The molecule has 1 atom stereocenters. The van der Waals surface area contributed by atoms with Crippen LogP contribution in [-0.2, 0) is 71.2 Å². The van der Waals surface area contributed by atoms with Crippen LogP contribution in [0.15, 0.2) is 18.2 Å². The molecule has 2 aliphatic heterocycles. The number of hydrogen-bond acceptors (Lipinski definition) is 18. The minimum absolute atomic E-state index is 0.0622. The Balaban J connectivity index is 0.923. The van der Waals surface area contributed by atoms with Crippen LogP contribution in [0.5, 0.6) is 0 Å². The number of unbranched alkanes of at least 4 members (excludes halogenated alkanes) is 14. The second kappa shape index (κ2) is 46.4. The predicted octanol–water partition coefficient (Wildman–Crippen LogP) is 6.49. The molecular formula is C55H93N3O17. The number of fused-ring (bicyclic) bond motifs is 1. The van der Waals surface area contributed by atoms with Gasteiger partial charge in [0.2, 0.25) is 11.8 Å². The minimum atomic E-state index is -1.02. The van der Waals surface area contributed by atoms with Crippen LogP contribution in [0.25, 0.3) is 0 Å². The van der Waals surface area contributed by atoms with Gasteiger partial charge >= 0.3 is 5.97 Å². The fourth-order valence-electron chi connectivity index (χ4n) is 8.15. The van der Waals surface area contributed by atoms with Crippen molar-refractivity contribution in [1.82, 2.24) is 10.2 Å². The summed E-state index contributed by atoms with van der Waals surface area (Å²) in [5.41, 5.74) is 0.899. The van der Waals surface area contributed by atoms with Gasteiger partial charge in [-0.3, -0.25) is 34.2 Å². The van der Waals surface area contributed by atoms with Gasteiger partial charge in [-0.05, 0) is 25.0 Å². The highest BCUT2D eigenvalue weighted by Crippen LogP contribution is 2.32. The smallest absolute Gasteiger partial charge is 0.305 e. The van der Waals surface area contributed by atoms with Gasteiger partial charge in [-0.25, -0.2) is 0 Å². The van der Waals surface area contributed by atoms with Gasteiger partial charge in [0.25, 0.3) is 11.8 Å². The van der Waals surface area contributed by atoms with Gasteiger partial charge in [0, 0.05) is 25.1 Å². The summed E-state index contributed by atoms with van der Waals surface area (Å²) in [7, 11) is 0. The molecule has 1 aromatic rings. The number of hydrogen-bond donors (Lipinski definition) is 2. The number of nitrogens with one attached hydrogen (secondary N) is 2. The third-order valence-electron chi connectivity index (χ3n) is 12.2. The number of piperidine rings is 1. The Labute approximate surface area is 446 Å². The van der Waals surface area contributed by atoms with E-state index in [1.807, 2.05) is 0 Å². The molecule has 0 bridgehead atoms. The summed E-state index contributed by atoms with van der Waals surface area (Å²) >= 11 is 0. The Morgan fingerprint density at radius 1 is 0.493 bits per heavy atom. The number of anilines is 1. The highest BCUT2D eigenvalue weighted by Gasteiger charge is 2.45. The van der Waals surface area contributed by atoms with Gasteiger partial charge in [-0.2, -0.15) is 0 Å². The standard InChI is InChI=1S/C55H93N3O17/c1-2-3-4-5-6-7-8-9-10-11-12-13-14-15-16-20-51(60)75-46-45-74-44-43-73-42-41-72-40-39-71-38-37-70-36-35-69-34-33-68-32-31-67-30-29-66-28-27-65-26-25-64-24-23-56-48-19-17-18-47-52(48)55(63)58(54(47)62)49-21-22-50(59)57-53(49)61/h17-19,49,56H,2-16,20-46H2,1H3,(H,57,59,61). The van der Waals surface area contributed by atoms with E-state index in [0.717, 1.165) is 17.7 Å². The molecule has 2 aliphatic rings. The van der Waals surface area contributed by atoms with E-state index in [1.54, 1.807) is 18.2 Å². The molecule has 75 heavy (non-hydrogen) atoms. The lowest BCUT2D eigenvalue weighted by Gasteiger charge is -2.27. The summed E-state index contributed by atoms with van der Waals surface area (Å²) in [6, 6.07) is 3.90. The van der Waals surface area contributed by atoms with Gasteiger partial charge in [0.05, 0.1) is 156 Å². The van der Waals surface area contributed by atoms with Crippen LogP contribution in [0.1, 0.15) is 143 Å². The van der Waals surface area contributed by atoms with Crippen LogP contribution in [-0.4, -0.2) is 199 Å². The average Bonchev–Trinajstić information content (AvgIpc) is 3.66. The average molecular weight is 1070 g/mol. The van der Waals surface area contributed by atoms with Crippen molar-refractivity contribution < 1.29 is 80.8 Å². The molecule has 430 valence electrons. The fourth-order valence-corrected chi connectivity index (χ4v) is 8.15. The predicted molar refractivity (Wildman–Crippen MR) is 281 cm³/mol. The zero-order valence-electron chi connectivity index (χ0n) is 45.4. The van der Waals surface area contributed by atoms with Crippen LogP contribution in [0.2, 0.25) is 0 Å². The Kier molecular flexibility index (Phi) is 40.6. The third-order valence-corrected chi connectivity index (χ3v) is 12.2. The van der Waals surface area contributed by atoms with Crippen LogP contribution in [0, 0.1) is 0 Å². The molecular weight excluding hydrogens is 975 g/mol. The summed E-state index contributed by atoms with van der Waals surface area (Å²) in [5.74, 6) is -2.32. The zero-order chi connectivity index (χ0) is 53.5. The van der Waals surface area contributed by atoms with Crippen LogP contribution >= 0.6 is 0 Å². The molecule has 4 amide bonds. The third kappa shape index (κ3) is 32.6. The number of benzene rings is 1. The zero-order valence-corrected chi connectivity index (χ0v) is 45.4. The lowest BCUT2D eigenvalue weighted by molar-refractivity contribution is -0.145. The lowest BCUT2D eigenvalue weighted by Crippen LogP contribution is -2.54. The number of imide groups is 2. The second-order valence-corrected chi connectivity index (χ2v) is 18.3. The second-order valence-electron chi connectivity index (χ2n) is 18.3. The van der Waals surface area contributed by atoms with Crippen molar-refractivity contribution in [1.29, 1.82) is 0 Å². The van der Waals surface area contributed by atoms with Gasteiger partial charge in [0.15, 0.2) is 0 Å². The van der Waals surface area contributed by atoms with Crippen molar-refractivity contribution in [3.05, 3.63) is 29.3 Å². The number of carbonyl (C=O) groups is 5. The molecule has 1 saturated heterocycles. The summed E-state index contributed by atoms with van der Waals surface area (Å²) in [6.45, 7) is 12.6. The van der Waals surface area contributed by atoms with Crippen LogP contribution in [0.3, 0.4) is 0 Å². The summed E-state index contributed by atoms with van der Waals surface area (Å²) in [6.07, 6.45) is 20.2. The highest BCUT2D eigenvalue weighted by molar-refractivity contribution is 6.25. The highest BCUT2D eigenvalue weighted by atomic mass is 16.6. The molecule has 2 N–H and O–H groups in total. The summed E-state index contributed by atoms with van der Waals surface area (Å²) in [5, 5.41) is 5.34. The summed E-state index contributed by atoms with van der Waals surface area (Å²) < 4.78 is 66.1. The van der Waals surface area contributed by atoms with Crippen molar-refractivity contribution in [2.75, 3.05) is 164 Å². The Bertz CT molecular complexity index is 1640. The van der Waals surface area contributed by atoms with Crippen molar-refractivity contribution in [3.8, 4) is 0 Å². The first-order valence-corrected chi connectivity index (χ1v) is 28.0. The topological polar surface area (TPSA) is 223 Å². The number of carbonyl (C=O) groups excluding carboxylic acids is 5. The first-order valence-electron chi connectivity index (χ1n) is 28.0. The fraction of sp³-hybridized carbons (Fsp3) is 0.800. The lowest BCUT2D eigenvalue weighted by atomic mass is 10.0.